The van der Waals surface area contributed by atoms with Gasteiger partial charge in [-0.2, -0.15) is 4.31 Å². The van der Waals surface area contributed by atoms with E-state index in [0.29, 0.717) is 17.3 Å². The third-order valence-corrected chi connectivity index (χ3v) is 6.66. The first-order chi connectivity index (χ1) is 10.1. The van der Waals surface area contributed by atoms with Crippen LogP contribution in [0.25, 0.3) is 0 Å². The summed E-state index contributed by atoms with van der Waals surface area (Å²) in [5.74, 6) is 0. The minimum Gasteiger partial charge on any atom is -0.316 e. The Kier molecular flexibility index (Phi) is 8.48. The number of thiophene rings is 1. The Balaban J connectivity index is 2.72. The van der Waals surface area contributed by atoms with E-state index in [4.69, 9.17) is 0 Å². The molecule has 0 amide bonds. The first kappa shape index (κ1) is 18.6. The van der Waals surface area contributed by atoms with Gasteiger partial charge in [-0.25, -0.2) is 8.42 Å². The predicted octanol–water partition coefficient (Wildman–Crippen LogP) is 3.10. The summed E-state index contributed by atoms with van der Waals surface area (Å²) in [5, 5.41) is 3.34. The zero-order valence-electron chi connectivity index (χ0n) is 13.4. The Morgan fingerprint density at radius 1 is 1.05 bits per heavy atom. The van der Waals surface area contributed by atoms with Gasteiger partial charge in [-0.1, -0.05) is 20.8 Å². The summed E-state index contributed by atoms with van der Waals surface area (Å²) >= 11 is 1.41. The van der Waals surface area contributed by atoms with Gasteiger partial charge in [0, 0.05) is 18.0 Å². The third-order valence-electron chi connectivity index (χ3n) is 3.15. The predicted molar refractivity (Wildman–Crippen MR) is 90.5 cm³/mol. The van der Waals surface area contributed by atoms with Gasteiger partial charge in [-0.3, -0.25) is 0 Å². The fourth-order valence-corrected chi connectivity index (χ4v) is 5.26. The number of nitrogens with one attached hydrogen (secondary N) is 1. The minimum absolute atomic E-state index is 0.481. The van der Waals surface area contributed by atoms with E-state index in [1.165, 1.54) is 11.3 Å². The summed E-state index contributed by atoms with van der Waals surface area (Å²) in [4.78, 5) is 1.13. The Hall–Kier alpha value is -0.430. The van der Waals surface area contributed by atoms with Crippen LogP contribution in [0, 0.1) is 0 Å². The molecule has 1 rings (SSSR count). The Morgan fingerprint density at radius 2 is 1.71 bits per heavy atom. The molecule has 0 aliphatic carbocycles. The Morgan fingerprint density at radius 3 is 2.29 bits per heavy atom. The summed E-state index contributed by atoms with van der Waals surface area (Å²) in [6.07, 6.45) is 3.70. The second-order valence-electron chi connectivity index (χ2n) is 5.12. The van der Waals surface area contributed by atoms with Crippen molar-refractivity contribution in [3.05, 3.63) is 17.0 Å². The van der Waals surface area contributed by atoms with E-state index >= 15 is 0 Å². The van der Waals surface area contributed by atoms with Crippen molar-refractivity contribution in [2.45, 2.75) is 50.7 Å². The van der Waals surface area contributed by atoms with Crippen molar-refractivity contribution in [1.82, 2.24) is 9.62 Å². The molecule has 0 aliphatic heterocycles. The topological polar surface area (TPSA) is 49.4 Å². The maximum absolute atomic E-state index is 12.6. The van der Waals surface area contributed by atoms with Crippen LogP contribution < -0.4 is 5.32 Å². The average Bonchev–Trinajstić information content (AvgIpc) is 2.93. The molecule has 0 saturated heterocycles. The van der Waals surface area contributed by atoms with Gasteiger partial charge in [0.05, 0.1) is 0 Å². The third kappa shape index (κ3) is 5.70. The van der Waals surface area contributed by atoms with E-state index in [1.54, 1.807) is 10.4 Å². The van der Waals surface area contributed by atoms with Crippen molar-refractivity contribution in [2.24, 2.45) is 0 Å². The lowest BCUT2D eigenvalue weighted by molar-refractivity contribution is 0.411. The highest BCUT2D eigenvalue weighted by molar-refractivity contribution is 7.91. The molecule has 0 unspecified atom stereocenters. The van der Waals surface area contributed by atoms with Gasteiger partial charge in [0.25, 0.3) is 10.0 Å². The lowest BCUT2D eigenvalue weighted by atomic mass is 10.3. The van der Waals surface area contributed by atoms with Crippen LogP contribution in [0.15, 0.2) is 16.3 Å². The van der Waals surface area contributed by atoms with Crippen LogP contribution in [0.3, 0.4) is 0 Å². The number of nitrogens with zero attached hydrogens (tertiary/aromatic N) is 1. The van der Waals surface area contributed by atoms with E-state index in [2.05, 4.69) is 12.2 Å². The summed E-state index contributed by atoms with van der Waals surface area (Å²) in [6.45, 7) is 9.27. The summed E-state index contributed by atoms with van der Waals surface area (Å²) in [6, 6.07) is 3.70. The van der Waals surface area contributed by atoms with Gasteiger partial charge in [-0.05, 0) is 50.9 Å². The molecule has 21 heavy (non-hydrogen) atoms. The van der Waals surface area contributed by atoms with Crippen molar-refractivity contribution in [1.29, 1.82) is 0 Å². The van der Waals surface area contributed by atoms with Crippen molar-refractivity contribution in [3.8, 4) is 0 Å². The van der Waals surface area contributed by atoms with Crippen LogP contribution in [0.5, 0.6) is 0 Å². The van der Waals surface area contributed by atoms with E-state index in [0.717, 1.165) is 43.6 Å². The Bertz CT molecular complexity index is 492. The molecule has 1 N–H and O–H groups in total. The lowest BCUT2D eigenvalue weighted by Gasteiger charge is -2.19. The molecule has 122 valence electrons. The van der Waals surface area contributed by atoms with Crippen molar-refractivity contribution in [2.75, 3.05) is 26.2 Å². The van der Waals surface area contributed by atoms with E-state index in [-0.39, 0.29) is 0 Å². The number of sulfonamides is 1. The van der Waals surface area contributed by atoms with Crippen LogP contribution in [-0.2, 0) is 16.4 Å². The second-order valence-corrected chi connectivity index (χ2v) is 8.46. The summed E-state index contributed by atoms with van der Waals surface area (Å²) < 4.78 is 27.3. The molecule has 4 nitrogen and oxygen atoms in total. The van der Waals surface area contributed by atoms with E-state index < -0.39 is 10.0 Å². The maximum Gasteiger partial charge on any atom is 0.252 e. The minimum atomic E-state index is -3.31. The van der Waals surface area contributed by atoms with Crippen molar-refractivity contribution < 1.29 is 8.42 Å². The molecule has 0 saturated carbocycles. The first-order valence-electron chi connectivity index (χ1n) is 7.85. The quantitative estimate of drug-likeness (QED) is 0.634. The molecule has 1 aromatic heterocycles. The first-order valence-corrected chi connectivity index (χ1v) is 10.1. The molecular formula is C15H28N2O2S2. The summed E-state index contributed by atoms with van der Waals surface area (Å²) in [7, 11) is -3.31. The average molecular weight is 333 g/mol. The van der Waals surface area contributed by atoms with Crippen LogP contribution >= 0.6 is 11.3 Å². The second kappa shape index (κ2) is 9.56. The van der Waals surface area contributed by atoms with Crippen LogP contribution in [-0.4, -0.2) is 38.9 Å². The fourth-order valence-electron chi connectivity index (χ4n) is 2.12. The van der Waals surface area contributed by atoms with Crippen LogP contribution in [0.4, 0.5) is 0 Å². The molecule has 6 heteroatoms. The van der Waals surface area contributed by atoms with Gasteiger partial charge >= 0.3 is 0 Å². The molecule has 0 aliphatic rings. The van der Waals surface area contributed by atoms with Gasteiger partial charge in [0.15, 0.2) is 0 Å². The standard InChI is InChI=1S/C15H28N2O2S2/c1-4-10-16-11-9-14-7-8-15(20-14)21(18,19)17(12-5-2)13-6-3/h7-8,16H,4-6,9-13H2,1-3H3. The van der Waals surface area contributed by atoms with E-state index in [1.807, 2.05) is 19.9 Å². The fraction of sp³-hybridized carbons (Fsp3) is 0.733. The van der Waals surface area contributed by atoms with Crippen LogP contribution in [0.2, 0.25) is 0 Å². The number of rotatable bonds is 11. The summed E-state index contributed by atoms with van der Waals surface area (Å²) in [5.41, 5.74) is 0. The molecule has 0 atom stereocenters. The van der Waals surface area contributed by atoms with Crippen molar-refractivity contribution in [3.63, 3.8) is 0 Å². The zero-order chi connectivity index (χ0) is 15.7. The molecular weight excluding hydrogens is 304 g/mol. The highest BCUT2D eigenvalue weighted by Gasteiger charge is 2.24. The highest BCUT2D eigenvalue weighted by Crippen LogP contribution is 2.25. The van der Waals surface area contributed by atoms with Gasteiger partial charge < -0.3 is 5.32 Å². The molecule has 0 aromatic carbocycles. The van der Waals surface area contributed by atoms with Crippen LogP contribution in [0.1, 0.15) is 44.9 Å². The Labute approximate surface area is 133 Å². The molecule has 0 radical (unpaired) electrons. The molecule has 0 bridgehead atoms. The van der Waals surface area contributed by atoms with Crippen molar-refractivity contribution >= 4 is 21.4 Å². The van der Waals surface area contributed by atoms with E-state index in [9.17, 15) is 8.42 Å². The van der Waals surface area contributed by atoms with Gasteiger partial charge in [0.1, 0.15) is 4.21 Å². The molecule has 0 fully saturated rings. The highest BCUT2D eigenvalue weighted by atomic mass is 32.2. The smallest absolute Gasteiger partial charge is 0.252 e. The lowest BCUT2D eigenvalue weighted by Crippen LogP contribution is -2.32. The monoisotopic (exact) mass is 332 g/mol. The largest absolute Gasteiger partial charge is 0.316 e. The number of hydrogen-bond donors (Lipinski definition) is 1. The number of hydrogen-bond acceptors (Lipinski definition) is 4. The SMILES string of the molecule is CCCNCCc1ccc(S(=O)(=O)N(CCC)CCC)s1. The molecule has 0 spiro atoms. The zero-order valence-corrected chi connectivity index (χ0v) is 15.0. The van der Waals surface area contributed by atoms with Gasteiger partial charge in [0.2, 0.25) is 0 Å². The molecule has 1 aromatic rings. The molecule has 1 heterocycles. The van der Waals surface area contributed by atoms with Gasteiger partial charge in [-0.15, -0.1) is 11.3 Å². The maximum atomic E-state index is 12.6. The normalized spacial score (nSPS) is 12.2.